The molecule has 0 bridgehead atoms. The summed E-state index contributed by atoms with van der Waals surface area (Å²) in [6, 6.07) is 18.2. The molecule has 0 aliphatic heterocycles. The molecule has 0 aliphatic carbocycles. The van der Waals surface area contributed by atoms with Gasteiger partial charge in [0.1, 0.15) is 11.2 Å². The second-order valence-electron chi connectivity index (χ2n) is 6.74. The van der Waals surface area contributed by atoms with Gasteiger partial charge in [0.15, 0.2) is 0 Å². The average molecular weight is 370 g/mol. The predicted molar refractivity (Wildman–Crippen MR) is 107 cm³/mol. The summed E-state index contributed by atoms with van der Waals surface area (Å²) in [7, 11) is 0. The third-order valence-electron chi connectivity index (χ3n) is 4.22. The molecule has 0 N–H and O–H groups in total. The molecule has 0 radical (unpaired) electrons. The second-order valence-corrected chi connectivity index (χ2v) is 6.74. The molecule has 2 aromatic rings. The number of ether oxygens (including phenoxy) is 2. The van der Waals surface area contributed by atoms with E-state index in [1.165, 1.54) is 18.1 Å². The van der Waals surface area contributed by atoms with Gasteiger partial charge in [0.25, 0.3) is 0 Å². The normalized spacial score (nSPS) is 12.3. The van der Waals surface area contributed by atoms with Gasteiger partial charge in [-0.2, -0.15) is 0 Å². The van der Waals surface area contributed by atoms with Crippen molar-refractivity contribution >= 4 is 11.8 Å². The number of hydrogen-bond donors (Lipinski definition) is 0. The fraction of sp³-hybridized carbons (Fsp3) is 0.391. The first-order valence-corrected chi connectivity index (χ1v) is 9.12. The molecule has 2 aromatic carbocycles. The summed E-state index contributed by atoms with van der Waals surface area (Å²) in [5.74, 6) is -0.781. The molecule has 0 saturated carbocycles. The van der Waals surface area contributed by atoms with Crippen molar-refractivity contribution in [2.24, 2.45) is 5.41 Å². The molecule has 1 atom stereocenters. The van der Waals surface area contributed by atoms with Crippen LogP contribution in [0.25, 0.3) is 0 Å². The molecule has 0 saturated heterocycles. The fourth-order valence-electron chi connectivity index (χ4n) is 2.19. The van der Waals surface area contributed by atoms with Gasteiger partial charge in [0, 0.05) is 0 Å². The summed E-state index contributed by atoms with van der Waals surface area (Å²) in [6.07, 6.45) is 0. The van der Waals surface area contributed by atoms with Crippen LogP contribution in [0.5, 0.6) is 0 Å². The van der Waals surface area contributed by atoms with Crippen LogP contribution in [0.2, 0.25) is 0 Å². The number of carbonyl (C=O) groups excluding carboxylic acids is 2. The van der Waals surface area contributed by atoms with Gasteiger partial charge < -0.3 is 9.47 Å². The lowest BCUT2D eigenvalue weighted by molar-refractivity contribution is -0.162. The van der Waals surface area contributed by atoms with Crippen molar-refractivity contribution in [3.05, 3.63) is 71.3 Å². The summed E-state index contributed by atoms with van der Waals surface area (Å²) in [5.41, 5.74) is 2.27. The van der Waals surface area contributed by atoms with Crippen molar-refractivity contribution in [2.45, 2.75) is 41.2 Å². The first-order valence-electron chi connectivity index (χ1n) is 9.12. The third kappa shape index (κ3) is 7.75. The maximum atomic E-state index is 11.9. The lowest BCUT2D eigenvalue weighted by Gasteiger charge is -2.24. The topological polar surface area (TPSA) is 52.6 Å². The minimum atomic E-state index is -1.24. The van der Waals surface area contributed by atoms with E-state index in [0.717, 1.165) is 5.56 Å². The van der Waals surface area contributed by atoms with Crippen LogP contribution in [0.1, 0.15) is 37.5 Å². The Kier molecular flexibility index (Phi) is 9.45. The van der Waals surface area contributed by atoms with E-state index in [-0.39, 0.29) is 19.0 Å². The van der Waals surface area contributed by atoms with Gasteiger partial charge in [-0.25, -0.2) is 0 Å². The highest BCUT2D eigenvalue weighted by Crippen LogP contribution is 2.21. The van der Waals surface area contributed by atoms with Crippen LogP contribution in [0.4, 0.5) is 0 Å². The maximum Gasteiger partial charge on any atom is 0.321 e. The summed E-state index contributed by atoms with van der Waals surface area (Å²) >= 11 is 0. The lowest BCUT2D eigenvalue weighted by Crippen LogP contribution is -2.40. The molecule has 146 valence electrons. The Bertz CT molecular complexity index is 707. The van der Waals surface area contributed by atoms with Crippen molar-refractivity contribution in [1.29, 1.82) is 0 Å². The molecule has 2 rings (SSSR count). The molecule has 1 unspecified atom stereocenters. The first-order chi connectivity index (χ1) is 12.8. The summed E-state index contributed by atoms with van der Waals surface area (Å²) in [5, 5.41) is 0. The van der Waals surface area contributed by atoms with E-state index in [4.69, 9.17) is 9.47 Å². The SMILES string of the molecule is CCOC(=O)C(C)(COCc1ccc(C)cc1)C(C)=O.Cc1ccccc1. The molecule has 4 heteroatoms. The Balaban J connectivity index is 0.000000433. The zero-order valence-electron chi connectivity index (χ0n) is 17.0. The number of Topliss-reactive ketones (excluding diaryl/α,β-unsaturated/α-hetero) is 1. The van der Waals surface area contributed by atoms with Crippen LogP contribution < -0.4 is 0 Å². The number of esters is 1. The van der Waals surface area contributed by atoms with Crippen LogP contribution in [-0.4, -0.2) is 25.0 Å². The van der Waals surface area contributed by atoms with Gasteiger partial charge in [-0.1, -0.05) is 65.7 Å². The van der Waals surface area contributed by atoms with Crippen molar-refractivity contribution < 1.29 is 19.1 Å². The monoisotopic (exact) mass is 370 g/mol. The molecule has 0 aliphatic rings. The fourth-order valence-corrected chi connectivity index (χ4v) is 2.19. The van der Waals surface area contributed by atoms with Gasteiger partial charge in [-0.15, -0.1) is 0 Å². The Morgan fingerprint density at radius 3 is 1.93 bits per heavy atom. The highest BCUT2D eigenvalue weighted by atomic mass is 16.5. The zero-order valence-corrected chi connectivity index (χ0v) is 17.0. The van der Waals surface area contributed by atoms with Gasteiger partial charge >= 0.3 is 5.97 Å². The minimum absolute atomic E-state index is 0.0229. The van der Waals surface area contributed by atoms with E-state index < -0.39 is 11.4 Å². The van der Waals surface area contributed by atoms with Crippen LogP contribution in [0.15, 0.2) is 54.6 Å². The Morgan fingerprint density at radius 2 is 1.48 bits per heavy atom. The van der Waals surface area contributed by atoms with Gasteiger partial charge in [0.2, 0.25) is 0 Å². The molecule has 27 heavy (non-hydrogen) atoms. The van der Waals surface area contributed by atoms with E-state index in [0.29, 0.717) is 6.61 Å². The molecule has 0 amide bonds. The molecular formula is C23H30O4. The smallest absolute Gasteiger partial charge is 0.321 e. The van der Waals surface area contributed by atoms with Crippen LogP contribution in [-0.2, 0) is 25.7 Å². The van der Waals surface area contributed by atoms with Crippen LogP contribution in [0, 0.1) is 19.3 Å². The number of hydrogen-bond acceptors (Lipinski definition) is 4. The summed E-state index contributed by atoms with van der Waals surface area (Å²) in [6.45, 7) is 9.38. The van der Waals surface area contributed by atoms with Crippen LogP contribution >= 0.6 is 0 Å². The van der Waals surface area contributed by atoms with E-state index in [1.54, 1.807) is 13.8 Å². The number of rotatable bonds is 7. The molecule has 0 heterocycles. The Hall–Kier alpha value is -2.46. The molecule has 0 spiro atoms. The highest BCUT2D eigenvalue weighted by Gasteiger charge is 2.40. The zero-order chi connectivity index (χ0) is 20.3. The minimum Gasteiger partial charge on any atom is -0.465 e. The maximum absolute atomic E-state index is 11.9. The third-order valence-corrected chi connectivity index (χ3v) is 4.22. The molecular weight excluding hydrogens is 340 g/mol. The van der Waals surface area contributed by atoms with Crippen LogP contribution in [0.3, 0.4) is 0 Å². The summed E-state index contributed by atoms with van der Waals surface area (Å²) in [4.78, 5) is 23.6. The summed E-state index contributed by atoms with van der Waals surface area (Å²) < 4.78 is 10.5. The molecule has 0 fully saturated rings. The number of carbonyl (C=O) groups is 2. The van der Waals surface area contributed by atoms with Crippen molar-refractivity contribution in [1.82, 2.24) is 0 Å². The first kappa shape index (κ1) is 22.6. The van der Waals surface area contributed by atoms with E-state index in [9.17, 15) is 9.59 Å². The standard InChI is InChI=1S/C16H22O4.C7H8/c1-5-20-15(18)16(4,13(3)17)11-19-10-14-8-6-12(2)7-9-14;1-7-5-3-2-4-6-7/h6-9H,5,10-11H2,1-4H3;2-6H,1H3. The van der Waals surface area contributed by atoms with Crippen molar-refractivity contribution in [2.75, 3.05) is 13.2 Å². The van der Waals surface area contributed by atoms with E-state index >= 15 is 0 Å². The highest BCUT2D eigenvalue weighted by molar-refractivity contribution is 6.02. The van der Waals surface area contributed by atoms with E-state index in [2.05, 4.69) is 19.1 Å². The number of aryl methyl sites for hydroxylation is 2. The van der Waals surface area contributed by atoms with E-state index in [1.807, 2.05) is 49.4 Å². The molecule has 0 aromatic heterocycles. The predicted octanol–water partition coefficient (Wildman–Crippen LogP) is 4.67. The lowest BCUT2D eigenvalue weighted by atomic mass is 9.87. The second kappa shape index (κ2) is 11.3. The van der Waals surface area contributed by atoms with Gasteiger partial charge in [-0.05, 0) is 40.2 Å². The van der Waals surface area contributed by atoms with Gasteiger partial charge in [-0.3, -0.25) is 9.59 Å². The number of ketones is 1. The van der Waals surface area contributed by atoms with Crippen molar-refractivity contribution in [3.63, 3.8) is 0 Å². The van der Waals surface area contributed by atoms with Gasteiger partial charge in [0.05, 0.1) is 19.8 Å². The Labute approximate surface area is 162 Å². The quantitative estimate of drug-likeness (QED) is 0.525. The Morgan fingerprint density at radius 1 is 0.926 bits per heavy atom. The average Bonchev–Trinajstić information content (AvgIpc) is 2.64. The molecule has 4 nitrogen and oxygen atoms in total. The largest absolute Gasteiger partial charge is 0.465 e. The number of benzene rings is 2. The van der Waals surface area contributed by atoms with Crippen molar-refractivity contribution in [3.8, 4) is 0 Å².